The Kier molecular flexibility index (Phi) is 9.95. The van der Waals surface area contributed by atoms with E-state index in [9.17, 15) is 9.59 Å². The Morgan fingerprint density at radius 2 is 1.00 bits per heavy atom. The number of carbonyl (C=O) groups excluding carboxylic acids is 2. The molecule has 0 radical (unpaired) electrons. The molecule has 0 aliphatic rings. The van der Waals surface area contributed by atoms with Crippen molar-refractivity contribution in [3.63, 3.8) is 0 Å². The molecule has 0 saturated carbocycles. The quantitative estimate of drug-likeness (QED) is 0.262. The van der Waals surface area contributed by atoms with Crippen LogP contribution in [-0.2, 0) is 9.47 Å². The Morgan fingerprint density at radius 1 is 0.553 bits per heavy atom. The van der Waals surface area contributed by atoms with Crippen molar-refractivity contribution in [3.8, 4) is 22.8 Å². The summed E-state index contributed by atoms with van der Waals surface area (Å²) in [6.45, 7) is 2.19. The van der Waals surface area contributed by atoms with Gasteiger partial charge in [-0.2, -0.15) is 0 Å². The predicted octanol–water partition coefficient (Wildman–Crippen LogP) is 2.79. The zero-order chi connectivity index (χ0) is 26.4. The highest BCUT2D eigenvalue weighted by Gasteiger charge is 2.08. The molecule has 4 aromatic heterocycles. The van der Waals surface area contributed by atoms with Gasteiger partial charge < -0.3 is 20.1 Å². The molecule has 4 aromatic rings. The lowest BCUT2D eigenvalue weighted by Gasteiger charge is -2.08. The van der Waals surface area contributed by atoms with E-state index in [0.29, 0.717) is 62.0 Å². The van der Waals surface area contributed by atoms with E-state index in [-0.39, 0.29) is 11.8 Å². The van der Waals surface area contributed by atoms with Gasteiger partial charge in [-0.3, -0.25) is 29.5 Å². The zero-order valence-corrected chi connectivity index (χ0v) is 20.7. The molecule has 2 N–H and O–H groups in total. The molecule has 4 heterocycles. The standard InChI is InChI=1S/C28H28N6O4/c35-27(21-7-9-25(33-19-21)23-5-1-3-11-29-23)31-13-15-37-17-18-38-16-14-32-28(36)22-8-10-26(34-20-22)24-6-2-4-12-30-24/h1-12,19-20H,13-18H2,(H,31,35)(H,32,36). The number of hydrogen-bond acceptors (Lipinski definition) is 8. The second-order valence-corrected chi connectivity index (χ2v) is 8.03. The smallest absolute Gasteiger partial charge is 0.252 e. The molecule has 0 aromatic carbocycles. The minimum absolute atomic E-state index is 0.220. The lowest BCUT2D eigenvalue weighted by molar-refractivity contribution is 0.0486. The molecule has 4 rings (SSSR count). The molecule has 10 heteroatoms. The Morgan fingerprint density at radius 3 is 1.37 bits per heavy atom. The molecule has 0 unspecified atom stereocenters. The van der Waals surface area contributed by atoms with Gasteiger partial charge in [0, 0.05) is 37.9 Å². The van der Waals surface area contributed by atoms with Gasteiger partial charge in [-0.1, -0.05) is 12.1 Å². The van der Waals surface area contributed by atoms with Gasteiger partial charge >= 0.3 is 0 Å². The maximum absolute atomic E-state index is 12.3. The maximum atomic E-state index is 12.3. The molecular weight excluding hydrogens is 484 g/mol. The van der Waals surface area contributed by atoms with Crippen molar-refractivity contribution in [2.75, 3.05) is 39.5 Å². The zero-order valence-electron chi connectivity index (χ0n) is 20.7. The number of nitrogens with one attached hydrogen (secondary N) is 2. The molecule has 0 saturated heterocycles. The number of pyridine rings is 4. The van der Waals surface area contributed by atoms with Gasteiger partial charge in [-0.25, -0.2) is 0 Å². The predicted molar refractivity (Wildman–Crippen MR) is 141 cm³/mol. The van der Waals surface area contributed by atoms with Gasteiger partial charge in [-0.05, 0) is 48.5 Å². The Labute approximate surface area is 220 Å². The highest BCUT2D eigenvalue weighted by Crippen LogP contribution is 2.14. The summed E-state index contributed by atoms with van der Waals surface area (Å²) in [6.07, 6.45) is 6.45. The fourth-order valence-electron chi connectivity index (χ4n) is 3.39. The van der Waals surface area contributed by atoms with E-state index in [0.717, 1.165) is 11.4 Å². The fourth-order valence-corrected chi connectivity index (χ4v) is 3.39. The molecule has 10 nitrogen and oxygen atoms in total. The normalized spacial score (nSPS) is 10.6. The van der Waals surface area contributed by atoms with Crippen LogP contribution in [0.4, 0.5) is 0 Å². The molecule has 0 fully saturated rings. The summed E-state index contributed by atoms with van der Waals surface area (Å²) in [5.74, 6) is -0.440. The maximum Gasteiger partial charge on any atom is 0.252 e. The molecule has 0 aliphatic heterocycles. The van der Waals surface area contributed by atoms with Gasteiger partial charge in [0.2, 0.25) is 0 Å². The van der Waals surface area contributed by atoms with E-state index < -0.39 is 0 Å². The molecule has 0 spiro atoms. The summed E-state index contributed by atoms with van der Waals surface area (Å²) >= 11 is 0. The number of carbonyl (C=O) groups is 2. The van der Waals surface area contributed by atoms with Crippen molar-refractivity contribution >= 4 is 11.8 Å². The van der Waals surface area contributed by atoms with Crippen LogP contribution in [0, 0.1) is 0 Å². The van der Waals surface area contributed by atoms with Gasteiger partial charge in [0.15, 0.2) is 0 Å². The highest BCUT2D eigenvalue weighted by atomic mass is 16.5. The van der Waals surface area contributed by atoms with Crippen LogP contribution in [0.25, 0.3) is 22.8 Å². The summed E-state index contributed by atoms with van der Waals surface area (Å²) in [7, 11) is 0. The van der Waals surface area contributed by atoms with E-state index in [1.165, 1.54) is 12.4 Å². The number of rotatable bonds is 13. The molecular formula is C28H28N6O4. The molecule has 38 heavy (non-hydrogen) atoms. The second-order valence-electron chi connectivity index (χ2n) is 8.03. The van der Waals surface area contributed by atoms with E-state index in [2.05, 4.69) is 30.6 Å². The summed E-state index contributed by atoms with van der Waals surface area (Å²) in [6, 6.07) is 18.1. The van der Waals surface area contributed by atoms with Crippen LogP contribution in [0.2, 0.25) is 0 Å². The summed E-state index contributed by atoms with van der Waals surface area (Å²) < 4.78 is 11.0. The summed E-state index contributed by atoms with van der Waals surface area (Å²) in [5, 5.41) is 5.59. The van der Waals surface area contributed by atoms with Crippen LogP contribution in [-0.4, -0.2) is 71.3 Å². The van der Waals surface area contributed by atoms with Crippen molar-refractivity contribution in [3.05, 3.63) is 96.6 Å². The van der Waals surface area contributed by atoms with E-state index in [1.807, 2.05) is 36.4 Å². The summed E-state index contributed by atoms with van der Waals surface area (Å²) in [4.78, 5) is 41.6. The van der Waals surface area contributed by atoms with Crippen LogP contribution in [0.5, 0.6) is 0 Å². The first-order valence-electron chi connectivity index (χ1n) is 12.2. The van der Waals surface area contributed by atoms with Crippen molar-refractivity contribution in [1.29, 1.82) is 0 Å². The molecule has 0 atom stereocenters. The van der Waals surface area contributed by atoms with Gasteiger partial charge in [-0.15, -0.1) is 0 Å². The van der Waals surface area contributed by atoms with Crippen LogP contribution in [0.3, 0.4) is 0 Å². The van der Waals surface area contributed by atoms with Crippen molar-refractivity contribution in [2.45, 2.75) is 0 Å². The SMILES string of the molecule is O=C(NCCOCCOCCNC(=O)c1ccc(-c2ccccn2)nc1)c1ccc(-c2ccccn2)nc1. The van der Waals surface area contributed by atoms with E-state index >= 15 is 0 Å². The van der Waals surface area contributed by atoms with Gasteiger partial charge in [0.05, 0.1) is 60.3 Å². The van der Waals surface area contributed by atoms with Crippen molar-refractivity contribution in [2.24, 2.45) is 0 Å². The fraction of sp³-hybridized carbons (Fsp3) is 0.214. The molecule has 194 valence electrons. The number of ether oxygens (including phenoxy) is 2. The van der Waals surface area contributed by atoms with E-state index in [4.69, 9.17) is 9.47 Å². The number of nitrogens with zero attached hydrogens (tertiary/aromatic N) is 4. The minimum atomic E-state index is -0.220. The number of amides is 2. The Bertz CT molecular complexity index is 1180. The molecule has 2 amide bonds. The van der Waals surface area contributed by atoms with Crippen LogP contribution >= 0.6 is 0 Å². The number of hydrogen-bond donors (Lipinski definition) is 2. The molecule has 0 aliphatic carbocycles. The highest BCUT2D eigenvalue weighted by molar-refractivity contribution is 5.94. The van der Waals surface area contributed by atoms with Crippen molar-refractivity contribution in [1.82, 2.24) is 30.6 Å². The monoisotopic (exact) mass is 512 g/mol. The molecule has 0 bridgehead atoms. The Hall–Kier alpha value is -4.54. The first kappa shape index (κ1) is 26.5. The van der Waals surface area contributed by atoms with Crippen LogP contribution < -0.4 is 10.6 Å². The van der Waals surface area contributed by atoms with Crippen LogP contribution in [0.15, 0.2) is 85.5 Å². The average molecular weight is 513 g/mol. The summed E-state index contributed by atoms with van der Waals surface area (Å²) in [5.41, 5.74) is 3.85. The third-order valence-corrected chi connectivity index (χ3v) is 5.34. The Balaban J connectivity index is 1.03. The average Bonchev–Trinajstić information content (AvgIpc) is 2.99. The van der Waals surface area contributed by atoms with E-state index in [1.54, 1.807) is 36.7 Å². The van der Waals surface area contributed by atoms with Gasteiger partial charge in [0.1, 0.15) is 0 Å². The van der Waals surface area contributed by atoms with Crippen LogP contribution in [0.1, 0.15) is 20.7 Å². The van der Waals surface area contributed by atoms with Crippen molar-refractivity contribution < 1.29 is 19.1 Å². The third kappa shape index (κ3) is 7.99. The number of aromatic nitrogens is 4. The second kappa shape index (κ2) is 14.3. The third-order valence-electron chi connectivity index (χ3n) is 5.34. The first-order chi connectivity index (χ1) is 18.7. The first-order valence-corrected chi connectivity index (χ1v) is 12.2. The minimum Gasteiger partial charge on any atom is -0.377 e. The van der Waals surface area contributed by atoms with Gasteiger partial charge in [0.25, 0.3) is 11.8 Å². The lowest BCUT2D eigenvalue weighted by Crippen LogP contribution is -2.28. The topological polar surface area (TPSA) is 128 Å². The lowest BCUT2D eigenvalue weighted by atomic mass is 10.2. The largest absolute Gasteiger partial charge is 0.377 e.